The van der Waals surface area contributed by atoms with Crippen molar-refractivity contribution >= 4 is 5.57 Å². The van der Waals surface area contributed by atoms with Crippen LogP contribution in [0.25, 0.3) is 5.57 Å². The van der Waals surface area contributed by atoms with Crippen molar-refractivity contribution in [1.82, 2.24) is 4.90 Å². The maximum atomic E-state index is 5.39. The summed E-state index contributed by atoms with van der Waals surface area (Å²) in [5.74, 6) is 0.912. The first kappa shape index (κ1) is 12.8. The molecule has 0 aromatic heterocycles. The molecule has 20 heavy (non-hydrogen) atoms. The van der Waals surface area contributed by atoms with E-state index in [2.05, 4.69) is 61.3 Å². The van der Waals surface area contributed by atoms with E-state index in [1.807, 2.05) is 6.07 Å². The van der Waals surface area contributed by atoms with Crippen LogP contribution in [-0.4, -0.2) is 19.1 Å². The van der Waals surface area contributed by atoms with E-state index in [0.717, 1.165) is 12.3 Å². The molecular formula is C18H19NO. The molecule has 0 aliphatic carbocycles. The second-order valence-electron chi connectivity index (χ2n) is 5.21. The number of nitrogens with zero attached hydrogens (tertiary/aromatic N) is 1. The minimum absolute atomic E-state index is 0.912. The quantitative estimate of drug-likeness (QED) is 0.816. The van der Waals surface area contributed by atoms with Crippen LogP contribution >= 0.6 is 0 Å². The summed E-state index contributed by atoms with van der Waals surface area (Å²) in [6.07, 6.45) is 0. The fourth-order valence-corrected chi connectivity index (χ4v) is 2.78. The molecule has 102 valence electrons. The van der Waals surface area contributed by atoms with E-state index >= 15 is 0 Å². The average molecular weight is 265 g/mol. The number of rotatable bonds is 2. The Morgan fingerprint density at radius 2 is 1.80 bits per heavy atom. The Bertz CT molecular complexity index is 658. The monoisotopic (exact) mass is 265 g/mol. The van der Waals surface area contributed by atoms with E-state index in [9.17, 15) is 0 Å². The van der Waals surface area contributed by atoms with E-state index in [4.69, 9.17) is 4.74 Å². The lowest BCUT2D eigenvalue weighted by Crippen LogP contribution is -2.22. The van der Waals surface area contributed by atoms with Crippen LogP contribution in [0.4, 0.5) is 0 Å². The van der Waals surface area contributed by atoms with Gasteiger partial charge < -0.3 is 9.64 Å². The predicted molar refractivity (Wildman–Crippen MR) is 82.6 cm³/mol. The second-order valence-corrected chi connectivity index (χ2v) is 5.21. The fraction of sp³-hybridized carbons (Fsp3) is 0.222. The smallest absolute Gasteiger partial charge is 0.119 e. The molecule has 2 aromatic rings. The van der Waals surface area contributed by atoms with Crippen LogP contribution in [-0.2, 0) is 6.54 Å². The molecule has 0 fully saturated rings. The van der Waals surface area contributed by atoms with Crippen LogP contribution in [0.5, 0.6) is 5.75 Å². The minimum atomic E-state index is 0.912. The summed E-state index contributed by atoms with van der Waals surface area (Å²) < 4.78 is 5.39. The number of hydrogen-bond acceptors (Lipinski definition) is 2. The number of ether oxygens (including phenoxy) is 1. The first-order valence-corrected chi connectivity index (χ1v) is 6.85. The maximum absolute atomic E-state index is 5.39. The van der Waals surface area contributed by atoms with Gasteiger partial charge in [0.2, 0.25) is 0 Å². The first-order chi connectivity index (χ1) is 9.70. The highest BCUT2D eigenvalue weighted by Crippen LogP contribution is 2.37. The lowest BCUT2D eigenvalue weighted by atomic mass is 9.89. The van der Waals surface area contributed by atoms with Gasteiger partial charge in [-0.15, -0.1) is 0 Å². The van der Waals surface area contributed by atoms with Crippen LogP contribution in [0.3, 0.4) is 0 Å². The van der Waals surface area contributed by atoms with Crippen LogP contribution < -0.4 is 4.74 Å². The predicted octanol–water partition coefficient (Wildman–Crippen LogP) is 3.92. The molecule has 0 saturated carbocycles. The molecule has 1 aliphatic rings. The van der Waals surface area contributed by atoms with Crippen molar-refractivity contribution in [3.63, 3.8) is 0 Å². The topological polar surface area (TPSA) is 12.5 Å². The second kappa shape index (κ2) is 5.04. The Labute approximate surface area is 120 Å². The van der Waals surface area contributed by atoms with Crippen molar-refractivity contribution in [3.8, 4) is 5.75 Å². The van der Waals surface area contributed by atoms with Gasteiger partial charge in [0.25, 0.3) is 0 Å². The summed E-state index contributed by atoms with van der Waals surface area (Å²) in [4.78, 5) is 2.30. The zero-order chi connectivity index (χ0) is 14.1. The molecule has 0 bridgehead atoms. The van der Waals surface area contributed by atoms with Crippen molar-refractivity contribution in [2.24, 2.45) is 0 Å². The Kier molecular flexibility index (Phi) is 3.23. The SMILES string of the molecule is COc1ccc2c(c1)C(c1ccccc1)=C(C)N(C)C2. The fourth-order valence-electron chi connectivity index (χ4n) is 2.78. The molecule has 1 heterocycles. The molecular weight excluding hydrogens is 246 g/mol. The standard InChI is InChI=1S/C18H19NO/c1-13-18(14-7-5-4-6-8-14)17-11-16(20-3)10-9-15(17)12-19(13)2/h4-11H,12H2,1-3H3. The normalized spacial score (nSPS) is 14.2. The van der Waals surface area contributed by atoms with Crippen LogP contribution in [0.15, 0.2) is 54.2 Å². The molecule has 2 nitrogen and oxygen atoms in total. The molecule has 1 aliphatic heterocycles. The van der Waals surface area contributed by atoms with E-state index in [-0.39, 0.29) is 0 Å². The van der Waals surface area contributed by atoms with Gasteiger partial charge in [-0.2, -0.15) is 0 Å². The van der Waals surface area contributed by atoms with Crippen LogP contribution in [0, 0.1) is 0 Å². The van der Waals surface area contributed by atoms with Crippen LogP contribution in [0.2, 0.25) is 0 Å². The Hall–Kier alpha value is -2.22. The highest BCUT2D eigenvalue weighted by molar-refractivity contribution is 5.84. The molecule has 0 radical (unpaired) electrons. The molecule has 0 amide bonds. The van der Waals surface area contributed by atoms with Crippen molar-refractivity contribution in [3.05, 3.63) is 70.9 Å². The summed E-state index contributed by atoms with van der Waals surface area (Å²) in [6, 6.07) is 16.9. The third-order valence-electron chi connectivity index (χ3n) is 3.99. The van der Waals surface area contributed by atoms with Gasteiger partial charge in [0, 0.05) is 24.9 Å². The molecule has 0 saturated heterocycles. The van der Waals surface area contributed by atoms with Gasteiger partial charge in [0.15, 0.2) is 0 Å². The van der Waals surface area contributed by atoms with Crippen LogP contribution in [0.1, 0.15) is 23.6 Å². The van der Waals surface area contributed by atoms with Crippen molar-refractivity contribution in [2.75, 3.05) is 14.2 Å². The highest BCUT2D eigenvalue weighted by Gasteiger charge is 2.21. The molecule has 0 unspecified atom stereocenters. The zero-order valence-corrected chi connectivity index (χ0v) is 12.2. The first-order valence-electron chi connectivity index (χ1n) is 6.85. The van der Waals surface area contributed by atoms with E-state index < -0.39 is 0 Å². The third kappa shape index (κ3) is 2.07. The van der Waals surface area contributed by atoms with Crippen molar-refractivity contribution in [2.45, 2.75) is 13.5 Å². The van der Waals surface area contributed by atoms with Gasteiger partial charge >= 0.3 is 0 Å². The van der Waals surface area contributed by atoms with Gasteiger partial charge in [-0.3, -0.25) is 0 Å². The van der Waals surface area contributed by atoms with E-state index in [1.54, 1.807) is 7.11 Å². The van der Waals surface area contributed by atoms with Crippen molar-refractivity contribution in [1.29, 1.82) is 0 Å². The number of methoxy groups -OCH3 is 1. The number of hydrogen-bond donors (Lipinski definition) is 0. The maximum Gasteiger partial charge on any atom is 0.119 e. The van der Waals surface area contributed by atoms with Crippen molar-refractivity contribution < 1.29 is 4.74 Å². The van der Waals surface area contributed by atoms with Gasteiger partial charge in [0.1, 0.15) is 5.75 Å². The summed E-state index contributed by atoms with van der Waals surface area (Å²) in [5.41, 5.74) is 6.49. The lowest BCUT2D eigenvalue weighted by Gasteiger charge is -2.31. The molecule has 2 heteroatoms. The highest BCUT2D eigenvalue weighted by atomic mass is 16.5. The summed E-state index contributed by atoms with van der Waals surface area (Å²) in [6.45, 7) is 3.13. The van der Waals surface area contributed by atoms with Gasteiger partial charge in [-0.25, -0.2) is 0 Å². The van der Waals surface area contributed by atoms with E-state index in [1.165, 1.54) is 28.0 Å². The number of fused-ring (bicyclic) bond motifs is 1. The summed E-state index contributed by atoms with van der Waals surface area (Å²) in [5, 5.41) is 0. The molecule has 0 atom stereocenters. The van der Waals surface area contributed by atoms with Gasteiger partial charge in [-0.05, 0) is 35.7 Å². The third-order valence-corrected chi connectivity index (χ3v) is 3.99. The Morgan fingerprint density at radius 1 is 1.05 bits per heavy atom. The summed E-state index contributed by atoms with van der Waals surface area (Å²) >= 11 is 0. The van der Waals surface area contributed by atoms with Gasteiger partial charge in [-0.1, -0.05) is 36.4 Å². The Morgan fingerprint density at radius 3 is 2.50 bits per heavy atom. The molecule has 3 rings (SSSR count). The molecule has 2 aromatic carbocycles. The largest absolute Gasteiger partial charge is 0.497 e. The van der Waals surface area contributed by atoms with Gasteiger partial charge in [0.05, 0.1) is 7.11 Å². The number of benzene rings is 2. The average Bonchev–Trinajstić information content (AvgIpc) is 2.49. The zero-order valence-electron chi connectivity index (χ0n) is 12.2. The van der Waals surface area contributed by atoms with E-state index in [0.29, 0.717) is 0 Å². The summed E-state index contributed by atoms with van der Waals surface area (Å²) in [7, 11) is 3.86. The minimum Gasteiger partial charge on any atom is -0.497 e. The lowest BCUT2D eigenvalue weighted by molar-refractivity contribution is 0.401. The Balaban J connectivity index is 2.23. The molecule has 0 N–H and O–H groups in total. The number of allylic oxidation sites excluding steroid dienone is 1. The molecule has 0 spiro atoms.